The number of esters is 1. The van der Waals surface area contributed by atoms with Gasteiger partial charge >= 0.3 is 5.97 Å². The lowest BCUT2D eigenvalue weighted by molar-refractivity contribution is 0.0518. The molecule has 0 atom stereocenters. The minimum Gasteiger partial charge on any atom is -0.461 e. The molecule has 0 aliphatic heterocycles. The highest BCUT2D eigenvalue weighted by atomic mass is 32.1. The number of amides is 2. The first-order valence-corrected chi connectivity index (χ1v) is 11.0. The predicted molar refractivity (Wildman–Crippen MR) is 126 cm³/mol. The molecule has 2 N–H and O–H groups in total. The molecular weight excluding hydrogens is 440 g/mol. The van der Waals surface area contributed by atoms with E-state index >= 15 is 0 Å². The van der Waals surface area contributed by atoms with E-state index in [1.165, 1.54) is 11.3 Å². The number of thiophene rings is 1. The number of carbonyl (C=O) groups excluding carboxylic acids is 3. The average Bonchev–Trinajstić information content (AvgIpc) is 3.53. The number of nitrogens with one attached hydrogen (secondary N) is 2. The van der Waals surface area contributed by atoms with Crippen LogP contribution < -0.4 is 10.6 Å². The number of anilines is 2. The molecule has 0 bridgehead atoms. The molecule has 0 saturated carbocycles. The van der Waals surface area contributed by atoms with E-state index in [2.05, 4.69) is 15.7 Å². The van der Waals surface area contributed by atoms with E-state index in [9.17, 15) is 14.4 Å². The van der Waals surface area contributed by atoms with Gasteiger partial charge in [0, 0.05) is 23.1 Å². The molecule has 4 rings (SSSR count). The van der Waals surface area contributed by atoms with Crippen LogP contribution in [0.2, 0.25) is 0 Å². The van der Waals surface area contributed by atoms with Gasteiger partial charge in [-0.15, -0.1) is 11.3 Å². The Kier molecular flexibility index (Phi) is 6.61. The molecule has 0 saturated heterocycles. The summed E-state index contributed by atoms with van der Waals surface area (Å²) in [6.07, 6.45) is 1.66. The highest BCUT2D eigenvalue weighted by Crippen LogP contribution is 2.18. The minimum atomic E-state index is -0.478. The van der Waals surface area contributed by atoms with Crippen molar-refractivity contribution in [3.63, 3.8) is 0 Å². The molecule has 33 heavy (non-hydrogen) atoms. The topological polar surface area (TPSA) is 102 Å². The van der Waals surface area contributed by atoms with Crippen molar-refractivity contribution in [1.29, 1.82) is 0 Å². The molecular formula is C24H20N4O4S. The zero-order valence-corrected chi connectivity index (χ0v) is 18.5. The Morgan fingerprint density at radius 3 is 2.45 bits per heavy atom. The Balaban J connectivity index is 1.41. The Labute approximate surface area is 193 Å². The van der Waals surface area contributed by atoms with Crippen LogP contribution in [-0.2, 0) is 4.74 Å². The van der Waals surface area contributed by atoms with E-state index < -0.39 is 5.97 Å². The van der Waals surface area contributed by atoms with Crippen molar-refractivity contribution in [2.45, 2.75) is 6.92 Å². The fraction of sp³-hybridized carbons (Fsp3) is 0.0833. The minimum absolute atomic E-state index is 0.220. The maximum absolute atomic E-state index is 12.7. The second kappa shape index (κ2) is 9.92. The van der Waals surface area contributed by atoms with Crippen molar-refractivity contribution in [1.82, 2.24) is 9.78 Å². The van der Waals surface area contributed by atoms with Crippen molar-refractivity contribution in [3.05, 3.63) is 94.4 Å². The second-order valence-corrected chi connectivity index (χ2v) is 7.83. The molecule has 0 unspecified atom stereocenters. The summed E-state index contributed by atoms with van der Waals surface area (Å²) < 4.78 is 6.50. The zero-order chi connectivity index (χ0) is 23.2. The van der Waals surface area contributed by atoms with Gasteiger partial charge in [-0.3, -0.25) is 9.59 Å². The van der Waals surface area contributed by atoms with Crippen LogP contribution >= 0.6 is 11.3 Å². The van der Waals surface area contributed by atoms with Crippen LogP contribution in [0.5, 0.6) is 0 Å². The first-order valence-electron chi connectivity index (χ1n) is 10.1. The third-order valence-corrected chi connectivity index (χ3v) is 5.46. The van der Waals surface area contributed by atoms with Gasteiger partial charge in [-0.05, 0) is 66.9 Å². The van der Waals surface area contributed by atoms with Gasteiger partial charge in [-0.25, -0.2) is 9.48 Å². The number of hydrogen-bond acceptors (Lipinski definition) is 6. The summed E-state index contributed by atoms with van der Waals surface area (Å²) in [4.78, 5) is 37.3. The van der Waals surface area contributed by atoms with Crippen molar-refractivity contribution in [3.8, 4) is 5.69 Å². The summed E-state index contributed by atoms with van der Waals surface area (Å²) in [5.41, 5.74) is 2.48. The molecule has 2 heterocycles. The molecule has 4 aromatic rings. The standard InChI is InChI=1S/C24H20N4O4S/c1-2-32-24(31)20-12-13-28(27-20)19-10-8-17(9-11-19)25-22(29)16-5-3-6-18(15-16)26-23(30)21-7-4-14-33-21/h3-15H,2H2,1H3,(H,25,29)(H,26,30). The second-order valence-electron chi connectivity index (χ2n) is 6.88. The lowest BCUT2D eigenvalue weighted by Gasteiger charge is -2.09. The normalized spacial score (nSPS) is 10.5. The Bertz CT molecular complexity index is 1280. The van der Waals surface area contributed by atoms with Crippen molar-refractivity contribution >= 4 is 40.5 Å². The number of ether oxygens (including phenoxy) is 1. The van der Waals surface area contributed by atoms with Crippen LogP contribution in [0.4, 0.5) is 11.4 Å². The first kappa shape index (κ1) is 22.0. The van der Waals surface area contributed by atoms with Crippen molar-refractivity contribution in [2.24, 2.45) is 0 Å². The Morgan fingerprint density at radius 2 is 1.73 bits per heavy atom. The number of aromatic nitrogens is 2. The van der Waals surface area contributed by atoms with Crippen LogP contribution in [0.15, 0.2) is 78.3 Å². The molecule has 0 spiro atoms. The van der Waals surface area contributed by atoms with Crippen molar-refractivity contribution < 1.29 is 19.1 Å². The molecule has 0 aliphatic carbocycles. The highest BCUT2D eigenvalue weighted by Gasteiger charge is 2.12. The summed E-state index contributed by atoms with van der Waals surface area (Å²) in [7, 11) is 0. The summed E-state index contributed by atoms with van der Waals surface area (Å²) >= 11 is 1.35. The smallest absolute Gasteiger partial charge is 0.358 e. The molecule has 166 valence electrons. The van der Waals surface area contributed by atoms with Gasteiger partial charge < -0.3 is 15.4 Å². The lowest BCUT2D eigenvalue weighted by atomic mass is 10.1. The molecule has 9 heteroatoms. The van der Waals surface area contributed by atoms with Gasteiger partial charge in [0.2, 0.25) is 0 Å². The number of benzene rings is 2. The van der Waals surface area contributed by atoms with E-state index in [4.69, 9.17) is 4.74 Å². The van der Waals surface area contributed by atoms with Crippen molar-refractivity contribution in [2.75, 3.05) is 17.2 Å². The SMILES string of the molecule is CCOC(=O)c1ccn(-c2ccc(NC(=O)c3cccc(NC(=O)c4cccs4)c3)cc2)n1. The van der Waals surface area contributed by atoms with Gasteiger partial charge in [-0.2, -0.15) is 5.10 Å². The maximum Gasteiger partial charge on any atom is 0.358 e. The van der Waals surface area contributed by atoms with Crippen LogP contribution in [0, 0.1) is 0 Å². The molecule has 2 amide bonds. The number of nitrogens with zero attached hydrogens (tertiary/aromatic N) is 2. The summed E-state index contributed by atoms with van der Waals surface area (Å²) in [6, 6.07) is 18.9. The average molecular weight is 461 g/mol. The van der Waals surface area contributed by atoms with Crippen LogP contribution in [0.25, 0.3) is 5.69 Å². The maximum atomic E-state index is 12.7. The Morgan fingerprint density at radius 1 is 0.939 bits per heavy atom. The van der Waals surface area contributed by atoms with E-state index in [1.54, 1.807) is 84.5 Å². The van der Waals surface area contributed by atoms with E-state index in [-0.39, 0.29) is 24.1 Å². The quantitative estimate of drug-likeness (QED) is 0.392. The fourth-order valence-electron chi connectivity index (χ4n) is 3.02. The predicted octanol–water partition coefficient (Wildman–Crippen LogP) is 4.62. The lowest BCUT2D eigenvalue weighted by Crippen LogP contribution is -2.14. The molecule has 0 radical (unpaired) electrons. The molecule has 2 aromatic heterocycles. The van der Waals surface area contributed by atoms with Gasteiger partial charge in [-0.1, -0.05) is 12.1 Å². The monoisotopic (exact) mass is 460 g/mol. The molecule has 2 aromatic carbocycles. The highest BCUT2D eigenvalue weighted by molar-refractivity contribution is 7.12. The van der Waals surface area contributed by atoms with E-state index in [0.717, 1.165) is 5.69 Å². The molecule has 0 aliphatic rings. The zero-order valence-electron chi connectivity index (χ0n) is 17.6. The first-order chi connectivity index (χ1) is 16.0. The van der Waals surface area contributed by atoms with Gasteiger partial charge in [0.15, 0.2) is 5.69 Å². The third-order valence-electron chi connectivity index (χ3n) is 4.59. The number of rotatable bonds is 7. The van der Waals surface area contributed by atoms with Crippen LogP contribution in [0.3, 0.4) is 0 Å². The third kappa shape index (κ3) is 5.34. The van der Waals surface area contributed by atoms with Crippen LogP contribution in [0.1, 0.15) is 37.4 Å². The summed E-state index contributed by atoms with van der Waals surface area (Å²) in [5.74, 6) is -1.00. The Hall–Kier alpha value is -4.24. The van der Waals surface area contributed by atoms with E-state index in [0.29, 0.717) is 21.8 Å². The van der Waals surface area contributed by atoms with Gasteiger partial charge in [0.25, 0.3) is 11.8 Å². The fourth-order valence-corrected chi connectivity index (χ4v) is 3.64. The largest absolute Gasteiger partial charge is 0.461 e. The number of hydrogen-bond donors (Lipinski definition) is 2. The van der Waals surface area contributed by atoms with E-state index in [1.807, 2.05) is 5.38 Å². The molecule has 8 nitrogen and oxygen atoms in total. The molecule has 0 fully saturated rings. The van der Waals surface area contributed by atoms with Gasteiger partial charge in [0.05, 0.1) is 17.2 Å². The van der Waals surface area contributed by atoms with Crippen LogP contribution in [-0.4, -0.2) is 34.2 Å². The van der Waals surface area contributed by atoms with Gasteiger partial charge in [0.1, 0.15) is 0 Å². The number of carbonyl (C=O) groups is 3. The summed E-state index contributed by atoms with van der Waals surface area (Å²) in [5, 5.41) is 11.7. The summed E-state index contributed by atoms with van der Waals surface area (Å²) in [6.45, 7) is 2.02.